The van der Waals surface area contributed by atoms with E-state index >= 15 is 0 Å². The van der Waals surface area contributed by atoms with Crippen molar-refractivity contribution >= 4 is 11.6 Å². The molecule has 142 valence electrons. The second kappa shape index (κ2) is 9.00. The molecule has 0 radical (unpaired) electrons. The maximum absolute atomic E-state index is 13.2. The van der Waals surface area contributed by atoms with E-state index in [1.165, 1.54) is 0 Å². The Labute approximate surface area is 164 Å². The lowest BCUT2D eigenvalue weighted by atomic mass is 9.85. The van der Waals surface area contributed by atoms with Gasteiger partial charge in [-0.1, -0.05) is 42.5 Å². The van der Waals surface area contributed by atoms with Crippen molar-refractivity contribution in [3.63, 3.8) is 0 Å². The lowest BCUT2D eigenvalue weighted by molar-refractivity contribution is 0.0893. The summed E-state index contributed by atoms with van der Waals surface area (Å²) in [5, 5.41) is 0. The molecule has 0 aromatic heterocycles. The molecule has 0 spiro atoms. The van der Waals surface area contributed by atoms with Gasteiger partial charge >= 0.3 is 0 Å². The van der Waals surface area contributed by atoms with E-state index in [0.29, 0.717) is 22.6 Å². The SMILES string of the molecule is COc1ccc(C(=O)CC(C(=O)c2ccccc2)c2ccc(OC)cc2)cc1. The van der Waals surface area contributed by atoms with Crippen LogP contribution in [0, 0.1) is 0 Å². The number of benzene rings is 3. The van der Waals surface area contributed by atoms with E-state index in [1.54, 1.807) is 62.8 Å². The molecule has 28 heavy (non-hydrogen) atoms. The van der Waals surface area contributed by atoms with Crippen molar-refractivity contribution in [1.29, 1.82) is 0 Å². The maximum Gasteiger partial charge on any atom is 0.170 e. The van der Waals surface area contributed by atoms with Crippen LogP contribution in [0.3, 0.4) is 0 Å². The van der Waals surface area contributed by atoms with Crippen LogP contribution in [0.2, 0.25) is 0 Å². The molecule has 0 aliphatic heterocycles. The van der Waals surface area contributed by atoms with Gasteiger partial charge in [0, 0.05) is 17.5 Å². The molecule has 0 fully saturated rings. The zero-order valence-electron chi connectivity index (χ0n) is 15.9. The van der Waals surface area contributed by atoms with Gasteiger partial charge in [-0.05, 0) is 42.0 Å². The molecule has 0 amide bonds. The van der Waals surface area contributed by atoms with Crippen molar-refractivity contribution < 1.29 is 19.1 Å². The first-order valence-corrected chi connectivity index (χ1v) is 9.03. The Morgan fingerprint density at radius 2 is 1.25 bits per heavy atom. The Morgan fingerprint density at radius 1 is 0.714 bits per heavy atom. The number of rotatable bonds is 8. The number of hydrogen-bond donors (Lipinski definition) is 0. The van der Waals surface area contributed by atoms with Crippen molar-refractivity contribution in [1.82, 2.24) is 0 Å². The van der Waals surface area contributed by atoms with E-state index < -0.39 is 5.92 Å². The average Bonchev–Trinajstić information content (AvgIpc) is 2.77. The summed E-state index contributed by atoms with van der Waals surface area (Å²) in [6.45, 7) is 0. The minimum absolute atomic E-state index is 0.0763. The molecule has 4 nitrogen and oxygen atoms in total. The van der Waals surface area contributed by atoms with Crippen LogP contribution in [0.5, 0.6) is 11.5 Å². The molecule has 3 rings (SSSR count). The average molecular weight is 374 g/mol. The number of Topliss-reactive ketones (excluding diaryl/α,β-unsaturated/α-hetero) is 2. The normalized spacial score (nSPS) is 11.5. The lowest BCUT2D eigenvalue weighted by Gasteiger charge is -2.16. The number of hydrogen-bond acceptors (Lipinski definition) is 4. The predicted molar refractivity (Wildman–Crippen MR) is 108 cm³/mol. The van der Waals surface area contributed by atoms with Gasteiger partial charge in [0.15, 0.2) is 11.6 Å². The third kappa shape index (κ3) is 4.46. The van der Waals surface area contributed by atoms with E-state index in [4.69, 9.17) is 9.47 Å². The summed E-state index contributed by atoms with van der Waals surface area (Å²) in [7, 11) is 3.17. The second-order valence-corrected chi connectivity index (χ2v) is 6.41. The molecule has 0 aliphatic carbocycles. The Balaban J connectivity index is 1.90. The van der Waals surface area contributed by atoms with Crippen LogP contribution in [0.25, 0.3) is 0 Å². The first-order valence-electron chi connectivity index (χ1n) is 9.03. The van der Waals surface area contributed by atoms with E-state index in [1.807, 2.05) is 30.3 Å². The first kappa shape index (κ1) is 19.4. The van der Waals surface area contributed by atoms with Crippen LogP contribution in [-0.4, -0.2) is 25.8 Å². The largest absolute Gasteiger partial charge is 0.497 e. The van der Waals surface area contributed by atoms with Gasteiger partial charge < -0.3 is 9.47 Å². The van der Waals surface area contributed by atoms with Crippen LogP contribution in [0.15, 0.2) is 78.9 Å². The van der Waals surface area contributed by atoms with Crippen molar-refractivity contribution in [2.75, 3.05) is 14.2 Å². The summed E-state index contributed by atoms with van der Waals surface area (Å²) >= 11 is 0. The van der Waals surface area contributed by atoms with Gasteiger partial charge in [-0.15, -0.1) is 0 Å². The number of ketones is 2. The zero-order valence-corrected chi connectivity index (χ0v) is 15.9. The lowest BCUT2D eigenvalue weighted by Crippen LogP contribution is -2.17. The Morgan fingerprint density at radius 3 is 1.79 bits per heavy atom. The van der Waals surface area contributed by atoms with Crippen LogP contribution < -0.4 is 9.47 Å². The van der Waals surface area contributed by atoms with Crippen LogP contribution >= 0.6 is 0 Å². The third-order valence-electron chi connectivity index (χ3n) is 4.69. The highest BCUT2D eigenvalue weighted by molar-refractivity contribution is 6.06. The van der Waals surface area contributed by atoms with Crippen molar-refractivity contribution in [3.8, 4) is 11.5 Å². The van der Waals surface area contributed by atoms with Gasteiger partial charge in [0.1, 0.15) is 11.5 Å². The highest BCUT2D eigenvalue weighted by Gasteiger charge is 2.25. The minimum atomic E-state index is -0.567. The third-order valence-corrected chi connectivity index (χ3v) is 4.69. The minimum Gasteiger partial charge on any atom is -0.497 e. The molecule has 0 saturated heterocycles. The standard InChI is InChI=1S/C24H22O4/c1-27-20-12-8-17(9-13-20)22(24(26)19-6-4-3-5-7-19)16-23(25)18-10-14-21(28-2)15-11-18/h3-15,22H,16H2,1-2H3. The monoisotopic (exact) mass is 374 g/mol. The quantitative estimate of drug-likeness (QED) is 0.524. The summed E-state index contributed by atoms with van der Waals surface area (Å²) in [6.07, 6.45) is 0.0897. The van der Waals surface area contributed by atoms with Gasteiger partial charge in [-0.2, -0.15) is 0 Å². The van der Waals surface area contributed by atoms with Crippen molar-refractivity contribution in [2.24, 2.45) is 0 Å². The second-order valence-electron chi connectivity index (χ2n) is 6.41. The summed E-state index contributed by atoms with van der Waals surface area (Å²) in [5.74, 6) is 0.656. The highest BCUT2D eigenvalue weighted by Crippen LogP contribution is 2.28. The predicted octanol–water partition coefficient (Wildman–Crippen LogP) is 4.94. The molecule has 4 heteroatoms. The Bertz CT molecular complexity index is 929. The molecule has 0 saturated carbocycles. The number of methoxy groups -OCH3 is 2. The summed E-state index contributed by atoms with van der Waals surface area (Å²) in [5.41, 5.74) is 1.93. The van der Waals surface area contributed by atoms with Crippen LogP contribution in [-0.2, 0) is 0 Å². The van der Waals surface area contributed by atoms with Crippen molar-refractivity contribution in [3.05, 3.63) is 95.6 Å². The zero-order chi connectivity index (χ0) is 19.9. The summed E-state index contributed by atoms with van der Waals surface area (Å²) in [4.78, 5) is 26.0. The Kier molecular flexibility index (Phi) is 6.22. The Hall–Kier alpha value is -3.40. The van der Waals surface area contributed by atoms with Crippen LogP contribution in [0.4, 0.5) is 0 Å². The van der Waals surface area contributed by atoms with Gasteiger partial charge in [0.05, 0.1) is 20.1 Å². The van der Waals surface area contributed by atoms with Crippen molar-refractivity contribution in [2.45, 2.75) is 12.3 Å². The summed E-state index contributed by atoms with van der Waals surface area (Å²) < 4.78 is 10.3. The molecule has 0 heterocycles. The van der Waals surface area contributed by atoms with E-state index in [-0.39, 0.29) is 18.0 Å². The highest BCUT2D eigenvalue weighted by atomic mass is 16.5. The van der Waals surface area contributed by atoms with E-state index in [9.17, 15) is 9.59 Å². The summed E-state index contributed by atoms with van der Waals surface area (Å²) in [6, 6.07) is 23.3. The van der Waals surface area contributed by atoms with Gasteiger partial charge in [-0.25, -0.2) is 0 Å². The fraction of sp³-hybridized carbons (Fsp3) is 0.167. The van der Waals surface area contributed by atoms with Gasteiger partial charge in [-0.3, -0.25) is 9.59 Å². The molecule has 1 unspecified atom stereocenters. The molecule has 3 aromatic rings. The first-order chi connectivity index (χ1) is 13.6. The molecule has 0 N–H and O–H groups in total. The fourth-order valence-electron chi connectivity index (χ4n) is 3.08. The number of carbonyl (C=O) groups excluding carboxylic acids is 2. The molecule has 0 aliphatic rings. The topological polar surface area (TPSA) is 52.6 Å². The van der Waals surface area contributed by atoms with E-state index in [0.717, 1.165) is 5.56 Å². The van der Waals surface area contributed by atoms with Crippen LogP contribution in [0.1, 0.15) is 38.6 Å². The number of carbonyl (C=O) groups is 2. The molecular weight excluding hydrogens is 352 g/mol. The van der Waals surface area contributed by atoms with E-state index in [2.05, 4.69) is 0 Å². The molecule has 1 atom stereocenters. The molecular formula is C24H22O4. The maximum atomic E-state index is 13.2. The van der Waals surface area contributed by atoms with Gasteiger partial charge in [0.25, 0.3) is 0 Å². The molecule has 0 bridgehead atoms. The smallest absolute Gasteiger partial charge is 0.170 e. The van der Waals surface area contributed by atoms with Gasteiger partial charge in [0.2, 0.25) is 0 Å². The fourth-order valence-corrected chi connectivity index (χ4v) is 3.08. The number of ether oxygens (including phenoxy) is 2. The molecule has 3 aromatic carbocycles.